The van der Waals surface area contributed by atoms with E-state index in [1.54, 1.807) is 29.8 Å². The molecular weight excluding hydrogens is 441 g/mol. The molecule has 3 nitrogen and oxygen atoms in total. The van der Waals surface area contributed by atoms with Gasteiger partial charge in [-0.3, -0.25) is 0 Å². The second-order valence-corrected chi connectivity index (χ2v) is 8.86. The van der Waals surface area contributed by atoms with Crippen molar-refractivity contribution in [2.45, 2.75) is 9.79 Å². The molecule has 5 aromatic rings. The summed E-state index contributed by atoms with van der Waals surface area (Å²) in [6.45, 7) is 0. The molecule has 7 heteroatoms. The molecule has 0 unspecified atom stereocenters. The smallest absolute Gasteiger partial charge is 0.146 e. The molecule has 0 spiro atoms. The zero-order valence-electron chi connectivity index (χ0n) is 15.0. The highest BCUT2D eigenvalue weighted by molar-refractivity contribution is 7.99. The van der Waals surface area contributed by atoms with Crippen molar-refractivity contribution in [2.24, 2.45) is 0 Å². The van der Waals surface area contributed by atoms with Crippen LogP contribution in [0.2, 0.25) is 10.3 Å². The van der Waals surface area contributed by atoms with E-state index in [0.717, 1.165) is 14.5 Å². The molecule has 0 saturated carbocycles. The molecule has 29 heavy (non-hydrogen) atoms. The number of thiophene rings is 1. The van der Waals surface area contributed by atoms with Crippen LogP contribution < -0.4 is 5.73 Å². The van der Waals surface area contributed by atoms with Crippen LogP contribution in [0.15, 0.2) is 88.9 Å². The predicted molar refractivity (Wildman–Crippen MR) is 126 cm³/mol. The first-order valence-corrected chi connectivity index (χ1v) is 11.1. The number of nitrogens with two attached hydrogens (primary N) is 1. The van der Waals surface area contributed by atoms with Gasteiger partial charge in [0.05, 0.1) is 15.3 Å². The Kier molecular flexibility index (Phi) is 6.21. The van der Waals surface area contributed by atoms with Crippen molar-refractivity contribution in [2.75, 3.05) is 5.73 Å². The maximum absolute atomic E-state index is 6.03. The SMILES string of the molecule is Clc1nccc2c1sc1ccccc12.Nc1ccnc(Cl)c1Sc1ccccc1. The maximum atomic E-state index is 6.03. The molecule has 144 valence electrons. The number of hydrogen-bond donors (Lipinski definition) is 1. The summed E-state index contributed by atoms with van der Waals surface area (Å²) in [5.41, 5.74) is 6.48. The van der Waals surface area contributed by atoms with Crippen LogP contribution >= 0.6 is 46.3 Å². The number of anilines is 1. The molecule has 0 aliphatic rings. The van der Waals surface area contributed by atoms with Crippen molar-refractivity contribution in [3.8, 4) is 0 Å². The highest BCUT2D eigenvalue weighted by atomic mass is 35.5. The molecule has 2 aromatic carbocycles. The van der Waals surface area contributed by atoms with E-state index in [-0.39, 0.29) is 0 Å². The molecule has 0 atom stereocenters. The number of rotatable bonds is 2. The number of nitrogen functional groups attached to an aromatic ring is 1. The summed E-state index contributed by atoms with van der Waals surface area (Å²) in [5, 5.41) is 3.51. The van der Waals surface area contributed by atoms with Crippen LogP contribution in [0, 0.1) is 0 Å². The van der Waals surface area contributed by atoms with E-state index >= 15 is 0 Å². The van der Waals surface area contributed by atoms with Crippen LogP contribution in [0.5, 0.6) is 0 Å². The summed E-state index contributed by atoms with van der Waals surface area (Å²) < 4.78 is 2.34. The lowest BCUT2D eigenvalue weighted by Gasteiger charge is -2.05. The molecule has 0 amide bonds. The van der Waals surface area contributed by atoms with Crippen molar-refractivity contribution in [1.29, 1.82) is 0 Å². The highest BCUT2D eigenvalue weighted by Gasteiger charge is 2.08. The van der Waals surface area contributed by atoms with E-state index in [9.17, 15) is 0 Å². The van der Waals surface area contributed by atoms with Crippen molar-refractivity contribution >= 4 is 72.2 Å². The third-order valence-electron chi connectivity index (χ3n) is 4.10. The predicted octanol–water partition coefficient (Wildman–Crippen LogP) is 7.57. The number of halogens is 2. The average molecular weight is 456 g/mol. The van der Waals surface area contributed by atoms with Gasteiger partial charge in [-0.15, -0.1) is 11.3 Å². The summed E-state index contributed by atoms with van der Waals surface area (Å²) in [4.78, 5) is 9.99. The van der Waals surface area contributed by atoms with E-state index in [2.05, 4.69) is 22.1 Å². The van der Waals surface area contributed by atoms with Crippen molar-refractivity contribution in [3.05, 3.63) is 89.4 Å². The molecule has 2 N–H and O–H groups in total. The number of nitrogens with zero attached hydrogens (tertiary/aromatic N) is 2. The first-order valence-electron chi connectivity index (χ1n) is 8.68. The van der Waals surface area contributed by atoms with E-state index < -0.39 is 0 Å². The monoisotopic (exact) mass is 455 g/mol. The number of benzene rings is 2. The fourth-order valence-electron chi connectivity index (χ4n) is 2.76. The molecule has 0 saturated heterocycles. The molecule has 0 fully saturated rings. The largest absolute Gasteiger partial charge is 0.398 e. The molecule has 0 bridgehead atoms. The van der Waals surface area contributed by atoms with Crippen LogP contribution in [0.1, 0.15) is 0 Å². The first kappa shape index (κ1) is 20.0. The van der Waals surface area contributed by atoms with Crippen molar-refractivity contribution in [1.82, 2.24) is 9.97 Å². The molecule has 5 rings (SSSR count). The van der Waals surface area contributed by atoms with Gasteiger partial charge >= 0.3 is 0 Å². The fraction of sp³-hybridized carbons (Fsp3) is 0. The number of fused-ring (bicyclic) bond motifs is 3. The van der Waals surface area contributed by atoms with Crippen molar-refractivity contribution in [3.63, 3.8) is 0 Å². The van der Waals surface area contributed by atoms with Crippen LogP contribution in [0.4, 0.5) is 5.69 Å². The standard InChI is InChI=1S/C11H9ClN2S.C11H6ClNS/c12-11-10(9(13)6-7-14-11)15-8-4-2-1-3-5-8;12-11-10-8(5-6-13-11)7-3-1-2-4-9(7)14-10/h1-7H,(H2,13,14);1-6H. The number of aromatic nitrogens is 2. The van der Waals surface area contributed by atoms with Gasteiger partial charge in [-0.2, -0.15) is 0 Å². The highest BCUT2D eigenvalue weighted by Crippen LogP contribution is 2.37. The van der Waals surface area contributed by atoms with Gasteiger partial charge in [0.2, 0.25) is 0 Å². The second-order valence-electron chi connectivity index (χ2n) is 6.01. The first-order chi connectivity index (χ1) is 14.1. The Labute approximate surface area is 186 Å². The van der Waals surface area contributed by atoms with Gasteiger partial charge < -0.3 is 5.73 Å². The zero-order valence-corrected chi connectivity index (χ0v) is 18.2. The quantitative estimate of drug-likeness (QED) is 0.278. The Morgan fingerprint density at radius 1 is 0.759 bits per heavy atom. The Balaban J connectivity index is 0.000000141. The summed E-state index contributed by atoms with van der Waals surface area (Å²) in [6.07, 6.45) is 3.36. The minimum absolute atomic E-state index is 0.448. The Bertz CT molecular complexity index is 1250. The third-order valence-corrected chi connectivity index (χ3v) is 7.24. The van der Waals surface area contributed by atoms with Gasteiger partial charge in [0.25, 0.3) is 0 Å². The Morgan fingerprint density at radius 2 is 1.45 bits per heavy atom. The Hall–Kier alpha value is -2.31. The third kappa shape index (κ3) is 4.49. The van der Waals surface area contributed by atoms with Crippen molar-refractivity contribution < 1.29 is 0 Å². The lowest BCUT2D eigenvalue weighted by Crippen LogP contribution is -1.90. The van der Waals surface area contributed by atoms with Gasteiger partial charge in [-0.25, -0.2) is 9.97 Å². The minimum Gasteiger partial charge on any atom is -0.398 e. The van der Waals surface area contributed by atoms with Crippen LogP contribution in [0.25, 0.3) is 20.2 Å². The van der Waals surface area contributed by atoms with Gasteiger partial charge in [0.1, 0.15) is 10.3 Å². The minimum atomic E-state index is 0.448. The molecule has 3 aromatic heterocycles. The zero-order chi connectivity index (χ0) is 20.2. The topological polar surface area (TPSA) is 51.8 Å². The second kappa shape index (κ2) is 9.01. The van der Waals surface area contributed by atoms with E-state index in [1.165, 1.54) is 27.2 Å². The lowest BCUT2D eigenvalue weighted by atomic mass is 10.2. The van der Waals surface area contributed by atoms with E-state index in [0.29, 0.717) is 16.0 Å². The normalized spacial score (nSPS) is 10.7. The lowest BCUT2D eigenvalue weighted by molar-refractivity contribution is 1.24. The van der Waals surface area contributed by atoms with Gasteiger partial charge in [-0.1, -0.05) is 71.4 Å². The van der Waals surface area contributed by atoms with Crippen LogP contribution in [-0.2, 0) is 0 Å². The summed E-state index contributed by atoms with van der Waals surface area (Å²) in [7, 11) is 0. The van der Waals surface area contributed by atoms with Gasteiger partial charge in [-0.05, 0) is 30.3 Å². The van der Waals surface area contributed by atoms with Crippen LogP contribution in [-0.4, -0.2) is 9.97 Å². The van der Waals surface area contributed by atoms with Gasteiger partial charge in [0, 0.05) is 32.8 Å². The maximum Gasteiger partial charge on any atom is 0.146 e. The van der Waals surface area contributed by atoms with Gasteiger partial charge in [0.15, 0.2) is 0 Å². The Morgan fingerprint density at radius 3 is 2.24 bits per heavy atom. The average Bonchev–Trinajstić information content (AvgIpc) is 3.13. The molecule has 0 aliphatic heterocycles. The summed E-state index contributed by atoms with van der Waals surface area (Å²) in [5.74, 6) is 0. The number of hydrogen-bond acceptors (Lipinski definition) is 5. The summed E-state index contributed by atoms with van der Waals surface area (Å²) in [6, 6.07) is 22.0. The molecular formula is C22H15Cl2N3S2. The molecule has 3 heterocycles. The van der Waals surface area contributed by atoms with E-state index in [1.807, 2.05) is 48.5 Å². The fourth-order valence-corrected chi connectivity index (χ4v) is 5.25. The van der Waals surface area contributed by atoms with Crippen LogP contribution in [0.3, 0.4) is 0 Å². The molecule has 0 aliphatic carbocycles. The van der Waals surface area contributed by atoms with E-state index in [4.69, 9.17) is 28.9 Å². The number of pyridine rings is 2. The molecule has 0 radical (unpaired) electrons. The summed E-state index contributed by atoms with van der Waals surface area (Å²) >= 11 is 15.2.